The maximum absolute atomic E-state index is 13.1. The molecule has 2 rings (SSSR count). The van der Waals surface area contributed by atoms with Crippen LogP contribution in [0.3, 0.4) is 0 Å². The summed E-state index contributed by atoms with van der Waals surface area (Å²) in [7, 11) is -3.26. The van der Waals surface area contributed by atoms with Crippen LogP contribution in [0.25, 0.3) is 0 Å². The second kappa shape index (κ2) is 5.50. The van der Waals surface area contributed by atoms with Gasteiger partial charge in [0.15, 0.2) is 9.84 Å². The molecule has 2 N–H and O–H groups in total. The number of sulfone groups is 1. The highest BCUT2D eigenvalue weighted by atomic mass is 32.2. The SMILES string of the molecule is CS(=O)(=O)c1cccc(NCc2cc(O)cc(F)c2)c1. The van der Waals surface area contributed by atoms with Crippen molar-refractivity contribution in [3.63, 3.8) is 0 Å². The van der Waals surface area contributed by atoms with Crippen LogP contribution in [0.15, 0.2) is 47.4 Å². The zero-order valence-corrected chi connectivity index (χ0v) is 11.6. The maximum atomic E-state index is 13.1. The van der Waals surface area contributed by atoms with E-state index < -0.39 is 15.7 Å². The molecule has 4 nitrogen and oxygen atoms in total. The second-order valence-electron chi connectivity index (χ2n) is 4.47. The Morgan fingerprint density at radius 1 is 1.20 bits per heavy atom. The molecule has 2 aromatic rings. The van der Waals surface area contributed by atoms with E-state index in [9.17, 15) is 17.9 Å². The zero-order valence-electron chi connectivity index (χ0n) is 10.8. The first-order chi connectivity index (χ1) is 9.34. The minimum atomic E-state index is -3.26. The number of hydrogen-bond acceptors (Lipinski definition) is 4. The van der Waals surface area contributed by atoms with Gasteiger partial charge in [0.05, 0.1) is 4.90 Å². The minimum absolute atomic E-state index is 0.147. The number of nitrogens with one attached hydrogen (secondary N) is 1. The number of phenolic OH excluding ortho intramolecular Hbond substituents is 1. The summed E-state index contributed by atoms with van der Waals surface area (Å²) in [6, 6.07) is 10.1. The molecule has 0 saturated carbocycles. The van der Waals surface area contributed by atoms with Crippen LogP contribution in [0.5, 0.6) is 5.75 Å². The van der Waals surface area contributed by atoms with E-state index >= 15 is 0 Å². The summed E-state index contributed by atoms with van der Waals surface area (Å²) in [5, 5.41) is 12.3. The van der Waals surface area contributed by atoms with E-state index in [0.717, 1.165) is 12.3 Å². The van der Waals surface area contributed by atoms with Crippen molar-refractivity contribution in [1.82, 2.24) is 0 Å². The van der Waals surface area contributed by atoms with E-state index in [-0.39, 0.29) is 17.2 Å². The van der Waals surface area contributed by atoms with Gasteiger partial charge in [0, 0.05) is 24.6 Å². The second-order valence-corrected chi connectivity index (χ2v) is 6.49. The van der Waals surface area contributed by atoms with Gasteiger partial charge < -0.3 is 10.4 Å². The van der Waals surface area contributed by atoms with Crippen LogP contribution in [-0.2, 0) is 16.4 Å². The Balaban J connectivity index is 2.15. The number of halogens is 1. The van der Waals surface area contributed by atoms with Gasteiger partial charge in [0.25, 0.3) is 0 Å². The fraction of sp³-hybridized carbons (Fsp3) is 0.143. The Kier molecular flexibility index (Phi) is 3.94. The summed E-state index contributed by atoms with van der Waals surface area (Å²) in [4.78, 5) is 0.213. The number of benzene rings is 2. The van der Waals surface area contributed by atoms with Crippen molar-refractivity contribution >= 4 is 15.5 Å². The Labute approximate surface area is 116 Å². The van der Waals surface area contributed by atoms with E-state index in [1.54, 1.807) is 12.1 Å². The Bertz CT molecular complexity index is 709. The molecule has 20 heavy (non-hydrogen) atoms. The molecule has 6 heteroatoms. The topological polar surface area (TPSA) is 66.4 Å². The molecule has 0 aliphatic heterocycles. The van der Waals surface area contributed by atoms with E-state index in [1.807, 2.05) is 0 Å². The highest BCUT2D eigenvalue weighted by Crippen LogP contribution is 2.18. The third kappa shape index (κ3) is 3.71. The third-order valence-corrected chi connectivity index (χ3v) is 3.81. The lowest BCUT2D eigenvalue weighted by molar-refractivity contribution is 0.468. The third-order valence-electron chi connectivity index (χ3n) is 2.70. The Hall–Kier alpha value is -2.08. The molecule has 0 amide bonds. The summed E-state index contributed by atoms with van der Waals surface area (Å²) in [5.41, 5.74) is 1.17. The van der Waals surface area contributed by atoms with Gasteiger partial charge in [-0.05, 0) is 35.9 Å². The number of aromatic hydroxyl groups is 1. The lowest BCUT2D eigenvalue weighted by atomic mass is 10.2. The van der Waals surface area contributed by atoms with Crippen molar-refractivity contribution < 1.29 is 17.9 Å². The van der Waals surface area contributed by atoms with Gasteiger partial charge >= 0.3 is 0 Å². The Morgan fingerprint density at radius 2 is 1.95 bits per heavy atom. The van der Waals surface area contributed by atoms with Gasteiger partial charge in [-0.1, -0.05) is 6.07 Å². The van der Waals surface area contributed by atoms with Gasteiger partial charge in [0.1, 0.15) is 11.6 Å². The highest BCUT2D eigenvalue weighted by Gasteiger charge is 2.07. The van der Waals surface area contributed by atoms with Crippen LogP contribution in [0.1, 0.15) is 5.56 Å². The highest BCUT2D eigenvalue weighted by molar-refractivity contribution is 7.90. The number of hydrogen-bond donors (Lipinski definition) is 2. The van der Waals surface area contributed by atoms with Crippen LogP contribution in [0.2, 0.25) is 0 Å². The van der Waals surface area contributed by atoms with E-state index in [1.165, 1.54) is 24.3 Å². The summed E-state index contributed by atoms with van der Waals surface area (Å²) in [5.74, 6) is -0.668. The first-order valence-corrected chi connectivity index (χ1v) is 7.76. The lowest BCUT2D eigenvalue weighted by Gasteiger charge is -2.08. The molecule has 0 spiro atoms. The molecular formula is C14H14FNO3S. The molecule has 0 aliphatic carbocycles. The number of phenols is 1. The lowest BCUT2D eigenvalue weighted by Crippen LogP contribution is -2.02. The van der Waals surface area contributed by atoms with Crippen molar-refractivity contribution in [1.29, 1.82) is 0 Å². The fourth-order valence-electron chi connectivity index (χ4n) is 1.78. The van der Waals surface area contributed by atoms with E-state index in [0.29, 0.717) is 11.3 Å². The first-order valence-electron chi connectivity index (χ1n) is 5.87. The molecule has 0 fully saturated rings. The summed E-state index contributed by atoms with van der Waals surface area (Å²) in [6.45, 7) is 0.276. The maximum Gasteiger partial charge on any atom is 0.175 e. The van der Waals surface area contributed by atoms with Crippen molar-refractivity contribution in [3.8, 4) is 5.75 Å². The molecule has 0 saturated heterocycles. The molecule has 0 atom stereocenters. The van der Waals surface area contributed by atoms with Crippen LogP contribution >= 0.6 is 0 Å². The minimum Gasteiger partial charge on any atom is -0.508 e. The first kappa shape index (κ1) is 14.3. The predicted octanol–water partition coefficient (Wildman–Crippen LogP) is 2.55. The van der Waals surface area contributed by atoms with Crippen molar-refractivity contribution in [2.75, 3.05) is 11.6 Å². The zero-order chi connectivity index (χ0) is 14.8. The molecule has 0 radical (unpaired) electrons. The van der Waals surface area contributed by atoms with Crippen LogP contribution in [0.4, 0.5) is 10.1 Å². The molecular weight excluding hydrogens is 281 g/mol. The van der Waals surface area contributed by atoms with Gasteiger partial charge in [-0.15, -0.1) is 0 Å². The number of rotatable bonds is 4. The molecule has 0 unspecified atom stereocenters. The van der Waals surface area contributed by atoms with Crippen molar-refractivity contribution in [2.24, 2.45) is 0 Å². The van der Waals surface area contributed by atoms with Crippen LogP contribution < -0.4 is 5.32 Å². The standard InChI is InChI=1S/C14H14FNO3S/c1-20(18,19)14-4-2-3-12(8-14)16-9-10-5-11(15)7-13(17)6-10/h2-8,16-17H,9H2,1H3. The molecule has 0 heterocycles. The Morgan fingerprint density at radius 3 is 2.60 bits per heavy atom. The predicted molar refractivity (Wildman–Crippen MR) is 74.9 cm³/mol. The quantitative estimate of drug-likeness (QED) is 0.909. The summed E-state index contributed by atoms with van der Waals surface area (Å²) >= 11 is 0. The summed E-state index contributed by atoms with van der Waals surface area (Å²) < 4.78 is 36.0. The average molecular weight is 295 g/mol. The van der Waals surface area contributed by atoms with E-state index in [4.69, 9.17) is 0 Å². The van der Waals surface area contributed by atoms with Gasteiger partial charge in [-0.2, -0.15) is 0 Å². The van der Waals surface area contributed by atoms with Gasteiger partial charge in [-0.25, -0.2) is 12.8 Å². The number of anilines is 1. The van der Waals surface area contributed by atoms with Crippen LogP contribution in [0, 0.1) is 5.82 Å². The molecule has 0 bridgehead atoms. The van der Waals surface area contributed by atoms with Gasteiger partial charge in [0.2, 0.25) is 0 Å². The molecule has 2 aromatic carbocycles. The van der Waals surface area contributed by atoms with Crippen molar-refractivity contribution in [2.45, 2.75) is 11.4 Å². The van der Waals surface area contributed by atoms with Gasteiger partial charge in [-0.3, -0.25) is 0 Å². The summed E-state index contributed by atoms with van der Waals surface area (Å²) in [6.07, 6.45) is 1.14. The van der Waals surface area contributed by atoms with Crippen LogP contribution in [-0.4, -0.2) is 19.8 Å². The molecule has 106 valence electrons. The normalized spacial score (nSPS) is 11.3. The average Bonchev–Trinajstić information content (AvgIpc) is 2.35. The smallest absolute Gasteiger partial charge is 0.175 e. The molecule has 0 aliphatic rings. The van der Waals surface area contributed by atoms with Crippen molar-refractivity contribution in [3.05, 3.63) is 53.8 Å². The fourth-order valence-corrected chi connectivity index (χ4v) is 2.44. The largest absolute Gasteiger partial charge is 0.508 e. The van der Waals surface area contributed by atoms with E-state index in [2.05, 4.69) is 5.32 Å². The monoisotopic (exact) mass is 295 g/mol. The molecule has 0 aromatic heterocycles.